The van der Waals surface area contributed by atoms with Crippen molar-refractivity contribution in [3.63, 3.8) is 0 Å². The molecular formula is C19H13ClN6O. The van der Waals surface area contributed by atoms with Crippen molar-refractivity contribution in [2.75, 3.05) is 0 Å². The van der Waals surface area contributed by atoms with Gasteiger partial charge < -0.3 is 4.74 Å². The van der Waals surface area contributed by atoms with Crippen molar-refractivity contribution in [3.05, 3.63) is 78.0 Å². The maximum absolute atomic E-state index is 5.89. The zero-order valence-corrected chi connectivity index (χ0v) is 14.8. The van der Waals surface area contributed by atoms with Gasteiger partial charge in [0.1, 0.15) is 18.7 Å². The molecule has 0 aliphatic heterocycles. The molecule has 0 amide bonds. The second-order valence-electron chi connectivity index (χ2n) is 5.93. The Kier molecular flexibility index (Phi) is 3.72. The molecule has 3 heterocycles. The highest BCUT2D eigenvalue weighted by molar-refractivity contribution is 6.30. The average Bonchev–Trinajstić information content (AvgIpc) is 3.32. The molecule has 5 rings (SSSR count). The normalized spacial score (nSPS) is 11.3. The van der Waals surface area contributed by atoms with Crippen molar-refractivity contribution < 1.29 is 4.74 Å². The van der Waals surface area contributed by atoms with E-state index in [1.807, 2.05) is 46.9 Å². The van der Waals surface area contributed by atoms with Gasteiger partial charge in [-0.1, -0.05) is 29.8 Å². The van der Waals surface area contributed by atoms with Crippen molar-refractivity contribution >= 4 is 28.3 Å². The van der Waals surface area contributed by atoms with Gasteiger partial charge >= 0.3 is 0 Å². The molecule has 27 heavy (non-hydrogen) atoms. The second kappa shape index (κ2) is 6.37. The van der Waals surface area contributed by atoms with Gasteiger partial charge in [-0.15, -0.1) is 10.2 Å². The standard InChI is InChI=1S/C19H13ClN6O/c20-13-6-8-15(9-7-13)27-11-17-23-24-19-16-10-22-26(14-4-2-1-3-5-14)18(16)21-12-25(17)19/h1-10,12H,11H2. The Morgan fingerprint density at radius 1 is 0.926 bits per heavy atom. The van der Waals surface area contributed by atoms with Crippen LogP contribution in [-0.4, -0.2) is 29.4 Å². The minimum Gasteiger partial charge on any atom is -0.486 e. The first-order chi connectivity index (χ1) is 13.3. The smallest absolute Gasteiger partial charge is 0.176 e. The summed E-state index contributed by atoms with van der Waals surface area (Å²) in [6.07, 6.45) is 3.45. The quantitative estimate of drug-likeness (QED) is 0.478. The Morgan fingerprint density at radius 3 is 2.56 bits per heavy atom. The molecule has 0 N–H and O–H groups in total. The fourth-order valence-corrected chi connectivity index (χ4v) is 3.03. The third-order valence-electron chi connectivity index (χ3n) is 4.23. The van der Waals surface area contributed by atoms with Crippen LogP contribution in [0.1, 0.15) is 5.82 Å². The SMILES string of the molecule is Clc1ccc(OCc2nnc3c4cnn(-c5ccccc5)c4ncn23)cc1. The number of benzene rings is 2. The molecule has 5 aromatic rings. The summed E-state index contributed by atoms with van der Waals surface area (Å²) in [5.74, 6) is 1.36. The van der Waals surface area contributed by atoms with Gasteiger partial charge in [0.05, 0.1) is 17.3 Å². The second-order valence-corrected chi connectivity index (χ2v) is 6.36. The third kappa shape index (κ3) is 2.78. The van der Waals surface area contributed by atoms with Gasteiger partial charge in [-0.3, -0.25) is 4.40 Å². The van der Waals surface area contributed by atoms with Gasteiger partial charge in [-0.05, 0) is 36.4 Å². The van der Waals surface area contributed by atoms with Gasteiger partial charge in [-0.25, -0.2) is 9.67 Å². The van der Waals surface area contributed by atoms with Crippen LogP contribution >= 0.6 is 11.6 Å². The maximum atomic E-state index is 5.89. The summed E-state index contributed by atoms with van der Waals surface area (Å²) in [6.45, 7) is 0.267. The third-order valence-corrected chi connectivity index (χ3v) is 4.48. The van der Waals surface area contributed by atoms with Crippen LogP contribution < -0.4 is 4.74 Å². The summed E-state index contributed by atoms with van der Waals surface area (Å²) in [5.41, 5.74) is 2.36. The number of rotatable bonds is 4. The summed E-state index contributed by atoms with van der Waals surface area (Å²) < 4.78 is 9.37. The predicted octanol–water partition coefficient (Wildman–Crippen LogP) is 3.70. The van der Waals surface area contributed by atoms with Gasteiger partial charge in [0.2, 0.25) is 0 Å². The molecular weight excluding hydrogens is 364 g/mol. The van der Waals surface area contributed by atoms with Crippen LogP contribution in [0.5, 0.6) is 5.75 Å². The summed E-state index contributed by atoms with van der Waals surface area (Å²) in [6, 6.07) is 17.0. The number of hydrogen-bond donors (Lipinski definition) is 0. The molecule has 0 aliphatic rings. The lowest BCUT2D eigenvalue weighted by Gasteiger charge is -2.05. The highest BCUT2D eigenvalue weighted by Crippen LogP contribution is 2.21. The van der Waals surface area contributed by atoms with Gasteiger partial charge in [-0.2, -0.15) is 5.10 Å². The van der Waals surface area contributed by atoms with E-state index in [-0.39, 0.29) is 6.61 Å². The fraction of sp³-hybridized carbons (Fsp3) is 0.0526. The lowest BCUT2D eigenvalue weighted by atomic mass is 10.3. The lowest BCUT2D eigenvalue weighted by molar-refractivity contribution is 0.294. The first kappa shape index (κ1) is 15.8. The van der Waals surface area contributed by atoms with E-state index in [0.29, 0.717) is 22.2 Å². The molecule has 0 atom stereocenters. The zero-order chi connectivity index (χ0) is 18.2. The summed E-state index contributed by atoms with van der Waals surface area (Å²) in [7, 11) is 0. The van der Waals surface area contributed by atoms with Crippen molar-refractivity contribution in [1.82, 2.24) is 29.4 Å². The van der Waals surface area contributed by atoms with E-state index >= 15 is 0 Å². The van der Waals surface area contributed by atoms with Crippen LogP contribution in [0, 0.1) is 0 Å². The molecule has 0 fully saturated rings. The van der Waals surface area contributed by atoms with Crippen molar-refractivity contribution in [2.24, 2.45) is 0 Å². The molecule has 2 aromatic carbocycles. The molecule has 0 unspecified atom stereocenters. The molecule has 132 valence electrons. The van der Waals surface area contributed by atoms with Crippen molar-refractivity contribution in [2.45, 2.75) is 6.61 Å². The minimum atomic E-state index is 0.267. The van der Waals surface area contributed by atoms with Crippen LogP contribution in [0.15, 0.2) is 67.1 Å². The molecule has 3 aromatic heterocycles. The van der Waals surface area contributed by atoms with E-state index in [1.54, 1.807) is 29.3 Å². The molecule has 0 radical (unpaired) electrons. The average molecular weight is 377 g/mol. The maximum Gasteiger partial charge on any atom is 0.176 e. The molecule has 0 saturated heterocycles. The largest absolute Gasteiger partial charge is 0.486 e. The Labute approximate surface area is 158 Å². The van der Waals surface area contributed by atoms with Crippen LogP contribution in [0.25, 0.3) is 22.4 Å². The number of aromatic nitrogens is 6. The van der Waals surface area contributed by atoms with Crippen molar-refractivity contribution in [3.8, 4) is 11.4 Å². The fourth-order valence-electron chi connectivity index (χ4n) is 2.90. The molecule has 0 bridgehead atoms. The summed E-state index contributed by atoms with van der Waals surface area (Å²) >= 11 is 5.89. The van der Waals surface area contributed by atoms with Crippen molar-refractivity contribution in [1.29, 1.82) is 0 Å². The first-order valence-corrected chi connectivity index (χ1v) is 8.67. The number of hydrogen-bond acceptors (Lipinski definition) is 5. The zero-order valence-electron chi connectivity index (χ0n) is 14.0. The molecule has 7 nitrogen and oxygen atoms in total. The highest BCUT2D eigenvalue weighted by Gasteiger charge is 2.14. The molecule has 0 spiro atoms. The number of nitrogens with zero attached hydrogens (tertiary/aromatic N) is 6. The monoisotopic (exact) mass is 376 g/mol. The molecule has 8 heteroatoms. The number of ether oxygens (including phenoxy) is 1. The van der Waals surface area contributed by atoms with E-state index in [0.717, 1.165) is 16.7 Å². The van der Waals surface area contributed by atoms with E-state index < -0.39 is 0 Å². The molecule has 0 saturated carbocycles. The van der Waals surface area contributed by atoms with Crippen LogP contribution in [0.2, 0.25) is 5.02 Å². The summed E-state index contributed by atoms with van der Waals surface area (Å²) in [5, 5.41) is 14.5. The predicted molar refractivity (Wildman–Crippen MR) is 101 cm³/mol. The molecule has 0 aliphatic carbocycles. The topological polar surface area (TPSA) is 70.1 Å². The highest BCUT2D eigenvalue weighted by atomic mass is 35.5. The Balaban J connectivity index is 1.50. The van der Waals surface area contributed by atoms with Gasteiger partial charge in [0, 0.05) is 5.02 Å². The van der Waals surface area contributed by atoms with E-state index in [9.17, 15) is 0 Å². The lowest BCUT2D eigenvalue weighted by Crippen LogP contribution is -2.03. The number of para-hydroxylation sites is 1. The Morgan fingerprint density at radius 2 is 1.74 bits per heavy atom. The van der Waals surface area contributed by atoms with E-state index in [4.69, 9.17) is 16.3 Å². The van der Waals surface area contributed by atoms with E-state index in [2.05, 4.69) is 20.3 Å². The van der Waals surface area contributed by atoms with Gasteiger partial charge in [0.25, 0.3) is 0 Å². The number of fused-ring (bicyclic) bond motifs is 3. The van der Waals surface area contributed by atoms with Crippen LogP contribution in [0.3, 0.4) is 0 Å². The Hall–Kier alpha value is -3.45. The van der Waals surface area contributed by atoms with Crippen LogP contribution in [0.4, 0.5) is 0 Å². The van der Waals surface area contributed by atoms with E-state index in [1.165, 1.54) is 0 Å². The number of halogens is 1. The van der Waals surface area contributed by atoms with Crippen LogP contribution in [-0.2, 0) is 6.61 Å². The van der Waals surface area contributed by atoms with Gasteiger partial charge in [0.15, 0.2) is 17.1 Å². The summed E-state index contributed by atoms with van der Waals surface area (Å²) in [4.78, 5) is 4.56. The Bertz CT molecular complexity index is 1230. The minimum absolute atomic E-state index is 0.267. The first-order valence-electron chi connectivity index (χ1n) is 8.30.